The lowest BCUT2D eigenvalue weighted by Gasteiger charge is -2.16. The Morgan fingerprint density at radius 2 is 1.46 bits per heavy atom. The second-order valence-electron chi connectivity index (χ2n) is 10.7. The predicted octanol–water partition coefficient (Wildman–Crippen LogP) is 6.60. The molecule has 12 heteroatoms. The first kappa shape index (κ1) is 30.9. The van der Waals surface area contributed by atoms with Gasteiger partial charge in [-0.3, -0.25) is 4.79 Å². The maximum Gasteiger partial charge on any atom is 0.275 e. The van der Waals surface area contributed by atoms with Crippen molar-refractivity contribution in [2.75, 3.05) is 0 Å². The van der Waals surface area contributed by atoms with Gasteiger partial charge < -0.3 is 9.30 Å². The molecule has 0 bridgehead atoms. The zero-order valence-electron chi connectivity index (χ0n) is 24.5. The van der Waals surface area contributed by atoms with Crippen LogP contribution in [0.4, 0.5) is 8.78 Å². The fraction of sp³-hybridized carbons (Fsp3) is 0.0882. The average Bonchev–Trinajstić information content (AvgIpc) is 3.48. The molecule has 8 nitrogen and oxygen atoms in total. The summed E-state index contributed by atoms with van der Waals surface area (Å²) in [6, 6.07) is 22.9. The highest BCUT2D eigenvalue weighted by atomic mass is 32.2. The molecule has 0 aliphatic heterocycles. The molecule has 0 radical (unpaired) electrons. The van der Waals surface area contributed by atoms with Gasteiger partial charge in [-0.15, -0.1) is 0 Å². The molecule has 6 rings (SSSR count). The second-order valence-corrected chi connectivity index (χ2v) is 14.5. The number of hydrogen-bond donors (Lipinski definition) is 0. The topological polar surface area (TPSA) is 104 Å². The van der Waals surface area contributed by atoms with Crippen LogP contribution in [0.3, 0.4) is 0 Å². The van der Waals surface area contributed by atoms with E-state index in [1.807, 2.05) is 6.92 Å². The van der Waals surface area contributed by atoms with Crippen LogP contribution in [0.1, 0.15) is 11.1 Å². The van der Waals surface area contributed by atoms with Crippen molar-refractivity contribution in [1.82, 2.24) is 8.54 Å². The third-order valence-electron chi connectivity index (χ3n) is 7.47. The molecule has 0 unspecified atom stereocenters. The number of rotatable bonds is 8. The quantitative estimate of drug-likeness (QED) is 0.182. The van der Waals surface area contributed by atoms with Gasteiger partial charge in [-0.1, -0.05) is 42.0 Å². The molecule has 0 spiro atoms. The fourth-order valence-electron chi connectivity index (χ4n) is 5.14. The third-order valence-corrected chi connectivity index (χ3v) is 10.9. The Kier molecular flexibility index (Phi) is 7.87. The molecular weight excluding hydrogens is 635 g/mol. The van der Waals surface area contributed by atoms with E-state index in [0.29, 0.717) is 17.2 Å². The van der Waals surface area contributed by atoms with Gasteiger partial charge in [0.25, 0.3) is 15.6 Å². The minimum Gasteiger partial charge on any atom is -0.454 e. The van der Waals surface area contributed by atoms with Crippen molar-refractivity contribution < 1.29 is 30.4 Å². The van der Waals surface area contributed by atoms with E-state index >= 15 is 0 Å². The molecule has 46 heavy (non-hydrogen) atoms. The molecule has 0 aliphatic rings. The summed E-state index contributed by atoms with van der Waals surface area (Å²) in [5.41, 5.74) is 1.01. The van der Waals surface area contributed by atoms with Gasteiger partial charge in [-0.25, -0.2) is 29.6 Å². The van der Waals surface area contributed by atoms with Crippen LogP contribution in [0.15, 0.2) is 124 Å². The predicted molar refractivity (Wildman–Crippen MR) is 170 cm³/mol. The van der Waals surface area contributed by atoms with Gasteiger partial charge in [0.15, 0.2) is 21.4 Å². The monoisotopic (exact) mass is 660 g/mol. The van der Waals surface area contributed by atoms with Crippen LogP contribution in [0.5, 0.6) is 11.5 Å². The van der Waals surface area contributed by atoms with Crippen molar-refractivity contribution in [2.24, 2.45) is 7.05 Å². The summed E-state index contributed by atoms with van der Waals surface area (Å²) in [7, 11) is -6.53. The fourth-order valence-corrected chi connectivity index (χ4v) is 7.84. The third kappa shape index (κ3) is 5.72. The summed E-state index contributed by atoms with van der Waals surface area (Å²) in [6.45, 7) is 1.82. The van der Waals surface area contributed by atoms with Crippen LogP contribution in [0.2, 0.25) is 0 Å². The summed E-state index contributed by atoms with van der Waals surface area (Å²) >= 11 is 0. The lowest BCUT2D eigenvalue weighted by molar-refractivity contribution is 0.439. The maximum absolute atomic E-state index is 14.7. The van der Waals surface area contributed by atoms with Gasteiger partial charge in [0.2, 0.25) is 0 Å². The van der Waals surface area contributed by atoms with Crippen LogP contribution in [-0.4, -0.2) is 25.4 Å². The van der Waals surface area contributed by atoms with Gasteiger partial charge in [0, 0.05) is 42.0 Å². The van der Waals surface area contributed by atoms with Crippen molar-refractivity contribution in [2.45, 2.75) is 22.5 Å². The Morgan fingerprint density at radius 3 is 2.15 bits per heavy atom. The largest absolute Gasteiger partial charge is 0.454 e. The first-order valence-corrected chi connectivity index (χ1v) is 17.0. The van der Waals surface area contributed by atoms with E-state index in [9.17, 15) is 30.4 Å². The average molecular weight is 661 g/mol. The van der Waals surface area contributed by atoms with Gasteiger partial charge in [0.1, 0.15) is 17.1 Å². The SMILES string of the molecule is Cc1ccc(S(=O)(=O)n2ccc3c(-c4cc(CS(=O)(=O)c5ccccc5)ccc4Oc4ccc(F)cc4F)cn(C)c(=O)c32)cc1. The molecule has 0 saturated carbocycles. The maximum atomic E-state index is 14.7. The van der Waals surface area contributed by atoms with Gasteiger partial charge >= 0.3 is 0 Å². The van der Waals surface area contributed by atoms with E-state index < -0.39 is 42.8 Å². The molecule has 234 valence electrons. The molecule has 2 heterocycles. The number of ether oxygens (including phenoxy) is 1. The van der Waals surface area contributed by atoms with Crippen molar-refractivity contribution in [1.29, 1.82) is 0 Å². The Hall–Kier alpha value is -5.07. The van der Waals surface area contributed by atoms with Gasteiger partial charge in [0.05, 0.1) is 15.5 Å². The summed E-state index contributed by atoms with van der Waals surface area (Å²) in [6.07, 6.45) is 2.74. The number of aryl methyl sites for hydroxylation is 2. The Bertz CT molecular complexity index is 2400. The number of fused-ring (bicyclic) bond motifs is 1. The molecule has 0 saturated heterocycles. The van der Waals surface area contributed by atoms with Crippen molar-refractivity contribution >= 4 is 30.8 Å². The number of aromatic nitrogens is 2. The van der Waals surface area contributed by atoms with Crippen molar-refractivity contribution in [3.63, 3.8) is 0 Å². The first-order chi connectivity index (χ1) is 21.8. The van der Waals surface area contributed by atoms with Crippen LogP contribution >= 0.6 is 0 Å². The molecule has 0 aliphatic carbocycles. The summed E-state index contributed by atoms with van der Waals surface area (Å²) in [4.78, 5) is 13.6. The first-order valence-electron chi connectivity index (χ1n) is 13.9. The molecule has 0 amide bonds. The minimum absolute atomic E-state index is 0.0213. The Labute approximate surface area is 263 Å². The van der Waals surface area contributed by atoms with E-state index in [4.69, 9.17) is 4.74 Å². The van der Waals surface area contributed by atoms with Crippen LogP contribution in [0, 0.1) is 18.6 Å². The smallest absolute Gasteiger partial charge is 0.275 e. The highest BCUT2D eigenvalue weighted by Gasteiger charge is 2.25. The van der Waals surface area contributed by atoms with Gasteiger partial charge in [-0.2, -0.15) is 0 Å². The van der Waals surface area contributed by atoms with Crippen LogP contribution in [-0.2, 0) is 32.7 Å². The molecule has 4 aromatic carbocycles. The minimum atomic E-state index is -4.20. The molecule has 6 aromatic rings. The number of hydrogen-bond acceptors (Lipinski definition) is 6. The highest BCUT2D eigenvalue weighted by Crippen LogP contribution is 2.39. The number of sulfone groups is 1. The van der Waals surface area contributed by atoms with Crippen molar-refractivity contribution in [3.05, 3.63) is 143 Å². The standard InChI is InChI=1S/C34H26F2N2O6S2/c1-22-8-12-26(13-9-22)46(42,43)38-17-16-27-29(20-37(2)34(39)33(27)38)28-18-23(21-45(40,41)25-6-4-3-5-7-25)10-14-31(28)44-32-15-11-24(35)19-30(32)36/h3-20H,21H2,1-2H3. The lowest BCUT2D eigenvalue weighted by Crippen LogP contribution is -2.22. The van der Waals surface area contributed by atoms with Gasteiger partial charge in [-0.05, 0) is 67.1 Å². The zero-order chi connectivity index (χ0) is 32.8. The van der Waals surface area contributed by atoms with E-state index in [1.165, 1.54) is 72.5 Å². The van der Waals surface area contributed by atoms with E-state index in [-0.39, 0.29) is 37.8 Å². The number of nitrogens with zero attached hydrogens (tertiary/aromatic N) is 2. The Balaban J connectivity index is 1.56. The number of benzene rings is 4. The van der Waals surface area contributed by atoms with E-state index in [2.05, 4.69) is 0 Å². The molecule has 0 fully saturated rings. The number of pyridine rings is 1. The normalized spacial score (nSPS) is 12.0. The molecular formula is C34H26F2N2O6S2. The zero-order valence-corrected chi connectivity index (χ0v) is 26.1. The van der Waals surface area contributed by atoms with E-state index in [1.54, 1.807) is 30.3 Å². The molecule has 0 N–H and O–H groups in total. The second kappa shape index (κ2) is 11.7. The van der Waals surface area contributed by atoms with Crippen LogP contribution < -0.4 is 10.3 Å². The highest BCUT2D eigenvalue weighted by molar-refractivity contribution is 7.90. The molecule has 2 aromatic heterocycles. The summed E-state index contributed by atoms with van der Waals surface area (Å²) in [5, 5.41) is 0.228. The lowest BCUT2D eigenvalue weighted by atomic mass is 10.0. The Morgan fingerprint density at radius 1 is 0.761 bits per heavy atom. The van der Waals surface area contributed by atoms with E-state index in [0.717, 1.165) is 21.7 Å². The van der Waals surface area contributed by atoms with Crippen molar-refractivity contribution in [3.8, 4) is 22.6 Å². The summed E-state index contributed by atoms with van der Waals surface area (Å²) < 4.78 is 90.2. The summed E-state index contributed by atoms with van der Waals surface area (Å²) in [5.74, 6) is -2.41. The molecule has 0 atom stereocenters. The number of halogens is 2. The van der Waals surface area contributed by atoms with Crippen LogP contribution in [0.25, 0.3) is 22.0 Å².